The van der Waals surface area contributed by atoms with Crippen LogP contribution >= 0.6 is 0 Å². The van der Waals surface area contributed by atoms with Crippen LogP contribution in [0.1, 0.15) is 13.8 Å². The van der Waals surface area contributed by atoms with Crippen molar-refractivity contribution in [1.82, 2.24) is 0 Å². The Labute approximate surface area is 91.8 Å². The third-order valence-electron chi connectivity index (χ3n) is 2.38. The molecule has 0 saturated carbocycles. The van der Waals surface area contributed by atoms with Gasteiger partial charge >= 0.3 is 0 Å². The van der Waals surface area contributed by atoms with E-state index in [1.165, 1.54) is 0 Å². The molecule has 0 aliphatic carbocycles. The largest absolute Gasteiger partial charge is 0.497 e. The van der Waals surface area contributed by atoms with Crippen LogP contribution in [0, 0.1) is 0 Å². The summed E-state index contributed by atoms with van der Waals surface area (Å²) in [7, 11) is 1.68. The van der Waals surface area contributed by atoms with Gasteiger partial charge in [-0.1, -0.05) is 6.07 Å². The topological polar surface area (TPSA) is 38.5 Å². The van der Waals surface area contributed by atoms with Crippen molar-refractivity contribution in [3.63, 3.8) is 0 Å². The second kappa shape index (κ2) is 5.61. The average Bonchev–Trinajstić information content (AvgIpc) is 2.25. The molecule has 3 nitrogen and oxygen atoms in total. The zero-order valence-electron chi connectivity index (χ0n) is 9.73. The van der Waals surface area contributed by atoms with Crippen LogP contribution in [-0.2, 0) is 0 Å². The smallest absolute Gasteiger partial charge is 0.120 e. The molecule has 1 rings (SSSR count). The van der Waals surface area contributed by atoms with Crippen LogP contribution in [0.25, 0.3) is 0 Å². The van der Waals surface area contributed by atoms with Crippen LogP contribution in [0.2, 0.25) is 0 Å². The Morgan fingerprint density at radius 1 is 1.40 bits per heavy atom. The molecule has 0 amide bonds. The van der Waals surface area contributed by atoms with E-state index in [4.69, 9.17) is 10.5 Å². The Kier molecular flexibility index (Phi) is 4.43. The van der Waals surface area contributed by atoms with E-state index in [0.717, 1.165) is 18.0 Å². The summed E-state index contributed by atoms with van der Waals surface area (Å²) >= 11 is 0. The zero-order valence-corrected chi connectivity index (χ0v) is 9.73. The quantitative estimate of drug-likeness (QED) is 0.802. The van der Waals surface area contributed by atoms with Gasteiger partial charge < -0.3 is 15.4 Å². The number of hydrogen-bond donors (Lipinski definition) is 1. The number of rotatable bonds is 5. The lowest BCUT2D eigenvalue weighted by Gasteiger charge is -2.28. The summed E-state index contributed by atoms with van der Waals surface area (Å²) in [5, 5.41) is 0. The normalized spacial score (nSPS) is 10.5. The van der Waals surface area contributed by atoms with E-state index in [1.807, 2.05) is 18.2 Å². The Balaban J connectivity index is 2.89. The van der Waals surface area contributed by atoms with E-state index >= 15 is 0 Å². The molecule has 0 aliphatic rings. The maximum absolute atomic E-state index is 5.60. The molecular weight excluding hydrogens is 188 g/mol. The number of methoxy groups -OCH3 is 1. The fourth-order valence-electron chi connectivity index (χ4n) is 1.61. The van der Waals surface area contributed by atoms with Crippen LogP contribution in [0.5, 0.6) is 5.75 Å². The minimum absolute atomic E-state index is 0.445. The number of hydrogen-bond acceptors (Lipinski definition) is 3. The number of anilines is 1. The van der Waals surface area contributed by atoms with Crippen molar-refractivity contribution in [2.45, 2.75) is 19.9 Å². The SMILES string of the molecule is COc1cccc(N(CCN)C(C)C)c1. The summed E-state index contributed by atoms with van der Waals surface area (Å²) in [5.41, 5.74) is 6.76. The van der Waals surface area contributed by atoms with Gasteiger partial charge in [0.25, 0.3) is 0 Å². The van der Waals surface area contributed by atoms with Crippen molar-refractivity contribution in [1.29, 1.82) is 0 Å². The molecular formula is C12H20N2O. The molecule has 0 bridgehead atoms. The molecule has 1 aromatic carbocycles. The molecule has 0 saturated heterocycles. The van der Waals surface area contributed by atoms with Crippen molar-refractivity contribution in [2.24, 2.45) is 5.73 Å². The van der Waals surface area contributed by atoms with Gasteiger partial charge in [-0.3, -0.25) is 0 Å². The third-order valence-corrected chi connectivity index (χ3v) is 2.38. The molecule has 0 aromatic heterocycles. The zero-order chi connectivity index (χ0) is 11.3. The molecule has 0 radical (unpaired) electrons. The first-order chi connectivity index (χ1) is 7.19. The van der Waals surface area contributed by atoms with E-state index < -0.39 is 0 Å². The first kappa shape index (κ1) is 11.9. The molecule has 84 valence electrons. The molecule has 0 fully saturated rings. The van der Waals surface area contributed by atoms with Crippen LogP contribution in [0.4, 0.5) is 5.69 Å². The summed E-state index contributed by atoms with van der Waals surface area (Å²) in [6, 6.07) is 8.51. The lowest BCUT2D eigenvalue weighted by Crippen LogP contribution is -2.35. The Bertz CT molecular complexity index is 299. The van der Waals surface area contributed by atoms with Gasteiger partial charge in [0.1, 0.15) is 5.75 Å². The second-order valence-electron chi connectivity index (χ2n) is 3.78. The molecule has 0 spiro atoms. The van der Waals surface area contributed by atoms with Gasteiger partial charge in [0, 0.05) is 30.9 Å². The standard InChI is InChI=1S/C12H20N2O/c1-10(2)14(8-7-13)11-5-4-6-12(9-11)15-3/h4-6,9-10H,7-8,13H2,1-3H3. The van der Waals surface area contributed by atoms with Crippen molar-refractivity contribution in [2.75, 3.05) is 25.1 Å². The second-order valence-corrected chi connectivity index (χ2v) is 3.78. The number of nitrogens with two attached hydrogens (primary N) is 1. The van der Waals surface area contributed by atoms with Gasteiger partial charge in [-0.25, -0.2) is 0 Å². The monoisotopic (exact) mass is 208 g/mol. The first-order valence-corrected chi connectivity index (χ1v) is 5.29. The molecule has 15 heavy (non-hydrogen) atoms. The highest BCUT2D eigenvalue weighted by Crippen LogP contribution is 2.22. The maximum atomic E-state index is 5.60. The van der Waals surface area contributed by atoms with Gasteiger partial charge in [0.05, 0.1) is 7.11 Å². The van der Waals surface area contributed by atoms with Crippen LogP contribution in [-0.4, -0.2) is 26.2 Å². The number of nitrogens with zero attached hydrogens (tertiary/aromatic N) is 1. The van der Waals surface area contributed by atoms with E-state index in [2.05, 4.69) is 24.8 Å². The van der Waals surface area contributed by atoms with Crippen LogP contribution in [0.15, 0.2) is 24.3 Å². The summed E-state index contributed by atoms with van der Waals surface area (Å²) in [5.74, 6) is 0.884. The van der Waals surface area contributed by atoms with Crippen molar-refractivity contribution < 1.29 is 4.74 Å². The molecule has 1 aromatic rings. The summed E-state index contributed by atoms with van der Waals surface area (Å²) in [6.45, 7) is 5.85. The Hall–Kier alpha value is -1.22. The maximum Gasteiger partial charge on any atom is 0.120 e. The minimum Gasteiger partial charge on any atom is -0.497 e. The Morgan fingerprint density at radius 2 is 2.13 bits per heavy atom. The number of benzene rings is 1. The fourth-order valence-corrected chi connectivity index (χ4v) is 1.61. The summed E-state index contributed by atoms with van der Waals surface area (Å²) < 4.78 is 5.20. The fraction of sp³-hybridized carbons (Fsp3) is 0.500. The number of ether oxygens (including phenoxy) is 1. The summed E-state index contributed by atoms with van der Waals surface area (Å²) in [6.07, 6.45) is 0. The molecule has 0 aliphatic heterocycles. The van der Waals surface area contributed by atoms with Crippen LogP contribution in [0.3, 0.4) is 0 Å². The lowest BCUT2D eigenvalue weighted by molar-refractivity contribution is 0.414. The molecule has 3 heteroatoms. The van der Waals surface area contributed by atoms with E-state index in [9.17, 15) is 0 Å². The predicted molar refractivity (Wildman–Crippen MR) is 64.5 cm³/mol. The highest BCUT2D eigenvalue weighted by atomic mass is 16.5. The molecule has 2 N–H and O–H groups in total. The highest BCUT2D eigenvalue weighted by molar-refractivity contribution is 5.51. The molecule has 0 heterocycles. The first-order valence-electron chi connectivity index (χ1n) is 5.29. The van der Waals surface area contributed by atoms with Crippen LogP contribution < -0.4 is 15.4 Å². The van der Waals surface area contributed by atoms with Gasteiger partial charge in [-0.05, 0) is 26.0 Å². The Morgan fingerprint density at radius 3 is 2.67 bits per heavy atom. The molecule has 0 unspecified atom stereocenters. The summed E-state index contributed by atoms with van der Waals surface area (Å²) in [4.78, 5) is 2.27. The average molecular weight is 208 g/mol. The third kappa shape index (κ3) is 3.13. The van der Waals surface area contributed by atoms with Crippen molar-refractivity contribution in [3.8, 4) is 5.75 Å². The highest BCUT2D eigenvalue weighted by Gasteiger charge is 2.09. The van der Waals surface area contributed by atoms with Gasteiger partial charge in [-0.2, -0.15) is 0 Å². The molecule has 0 atom stereocenters. The van der Waals surface area contributed by atoms with Gasteiger partial charge in [-0.15, -0.1) is 0 Å². The van der Waals surface area contributed by atoms with Gasteiger partial charge in [0.15, 0.2) is 0 Å². The van der Waals surface area contributed by atoms with E-state index in [-0.39, 0.29) is 0 Å². The van der Waals surface area contributed by atoms with Crippen molar-refractivity contribution >= 4 is 5.69 Å². The van der Waals surface area contributed by atoms with E-state index in [0.29, 0.717) is 12.6 Å². The minimum atomic E-state index is 0.445. The predicted octanol–water partition coefficient (Wildman–Crippen LogP) is 1.87. The van der Waals surface area contributed by atoms with Gasteiger partial charge in [0.2, 0.25) is 0 Å². The van der Waals surface area contributed by atoms with Crippen molar-refractivity contribution in [3.05, 3.63) is 24.3 Å². The lowest BCUT2D eigenvalue weighted by atomic mass is 10.2. The van der Waals surface area contributed by atoms with E-state index in [1.54, 1.807) is 7.11 Å².